The van der Waals surface area contributed by atoms with E-state index in [-0.39, 0.29) is 0 Å². The van der Waals surface area contributed by atoms with Crippen LogP contribution in [0.3, 0.4) is 0 Å². The zero-order chi connectivity index (χ0) is 12.1. The number of hydrogen-bond acceptors (Lipinski definition) is 4. The van der Waals surface area contributed by atoms with Gasteiger partial charge in [0.1, 0.15) is 12.4 Å². The van der Waals surface area contributed by atoms with E-state index in [1.807, 2.05) is 12.1 Å². The fraction of sp³-hybridized carbons (Fsp3) is 0.167. The number of benzene rings is 1. The van der Waals surface area contributed by atoms with Crippen LogP contribution in [0.1, 0.15) is 11.4 Å². The van der Waals surface area contributed by atoms with Crippen LogP contribution in [0.5, 0.6) is 5.75 Å². The number of nitrogens with two attached hydrogens (primary N) is 1. The summed E-state index contributed by atoms with van der Waals surface area (Å²) in [5, 5.41) is 0.610. The molecule has 17 heavy (non-hydrogen) atoms. The van der Waals surface area contributed by atoms with Crippen molar-refractivity contribution in [3.63, 3.8) is 0 Å². The lowest BCUT2D eigenvalue weighted by Crippen LogP contribution is -2.05. The van der Waals surface area contributed by atoms with Crippen LogP contribution in [0.15, 0.2) is 36.7 Å². The van der Waals surface area contributed by atoms with Gasteiger partial charge in [-0.05, 0) is 18.2 Å². The molecule has 88 valence electrons. The number of rotatable bonds is 4. The maximum atomic E-state index is 6.02. The molecule has 1 heterocycles. The molecular weight excluding hydrogens is 238 g/mol. The molecular formula is C12H12ClN3O. The van der Waals surface area contributed by atoms with Crippen molar-refractivity contribution in [2.75, 3.05) is 0 Å². The Kier molecular flexibility index (Phi) is 3.90. The zero-order valence-electron chi connectivity index (χ0n) is 9.14. The Bertz CT molecular complexity index is 490. The number of ether oxygens (including phenoxy) is 1. The molecule has 0 amide bonds. The third kappa shape index (κ3) is 2.93. The van der Waals surface area contributed by atoms with Gasteiger partial charge >= 0.3 is 0 Å². The van der Waals surface area contributed by atoms with Crippen molar-refractivity contribution in [3.05, 3.63) is 53.1 Å². The van der Waals surface area contributed by atoms with E-state index in [4.69, 9.17) is 22.1 Å². The minimum atomic E-state index is 0.300. The van der Waals surface area contributed by atoms with E-state index in [1.54, 1.807) is 24.5 Å². The van der Waals surface area contributed by atoms with Crippen LogP contribution < -0.4 is 10.5 Å². The lowest BCUT2D eigenvalue weighted by molar-refractivity contribution is 0.293. The summed E-state index contributed by atoms with van der Waals surface area (Å²) in [6.07, 6.45) is 3.35. The van der Waals surface area contributed by atoms with Crippen LogP contribution in [0, 0.1) is 0 Å². The highest BCUT2D eigenvalue weighted by atomic mass is 35.5. The standard InChI is InChI=1S/C12H12ClN3O/c13-10-3-1-4-11(9(10)7-14)17-8-12-15-5-2-6-16-12/h1-6H,7-8,14H2. The van der Waals surface area contributed by atoms with E-state index in [2.05, 4.69) is 9.97 Å². The van der Waals surface area contributed by atoms with Gasteiger partial charge in [-0.3, -0.25) is 0 Å². The summed E-state index contributed by atoms with van der Waals surface area (Å²) < 4.78 is 5.61. The Morgan fingerprint density at radius 2 is 1.94 bits per heavy atom. The molecule has 0 fully saturated rings. The number of hydrogen-bond donors (Lipinski definition) is 1. The predicted molar refractivity (Wildman–Crippen MR) is 65.7 cm³/mol. The second-order valence-corrected chi connectivity index (χ2v) is 3.78. The predicted octanol–water partition coefficient (Wildman–Crippen LogP) is 2.17. The monoisotopic (exact) mass is 249 g/mol. The van der Waals surface area contributed by atoms with Gasteiger partial charge in [-0.1, -0.05) is 17.7 Å². The number of aromatic nitrogens is 2. The van der Waals surface area contributed by atoms with Crippen molar-refractivity contribution < 1.29 is 4.74 Å². The van der Waals surface area contributed by atoms with Gasteiger partial charge in [0, 0.05) is 29.5 Å². The molecule has 0 aliphatic heterocycles. The largest absolute Gasteiger partial charge is 0.485 e. The Morgan fingerprint density at radius 1 is 1.18 bits per heavy atom. The highest BCUT2D eigenvalue weighted by Crippen LogP contribution is 2.26. The molecule has 0 atom stereocenters. The highest BCUT2D eigenvalue weighted by molar-refractivity contribution is 6.31. The van der Waals surface area contributed by atoms with Gasteiger partial charge < -0.3 is 10.5 Å². The molecule has 1 aromatic carbocycles. The third-order valence-corrected chi connectivity index (χ3v) is 2.61. The quantitative estimate of drug-likeness (QED) is 0.902. The number of halogens is 1. The fourth-order valence-corrected chi connectivity index (χ4v) is 1.66. The van der Waals surface area contributed by atoms with E-state index >= 15 is 0 Å². The first kappa shape index (κ1) is 11.8. The average molecular weight is 250 g/mol. The van der Waals surface area contributed by atoms with Gasteiger partial charge in [-0.15, -0.1) is 0 Å². The maximum absolute atomic E-state index is 6.02. The smallest absolute Gasteiger partial charge is 0.166 e. The summed E-state index contributed by atoms with van der Waals surface area (Å²) in [6, 6.07) is 7.20. The molecule has 0 bridgehead atoms. The molecule has 0 saturated heterocycles. The average Bonchev–Trinajstić information content (AvgIpc) is 2.37. The highest BCUT2D eigenvalue weighted by Gasteiger charge is 2.07. The molecule has 0 unspecified atom stereocenters. The molecule has 4 nitrogen and oxygen atoms in total. The summed E-state index contributed by atoms with van der Waals surface area (Å²) in [5.41, 5.74) is 6.42. The van der Waals surface area contributed by atoms with Crippen LogP contribution in [0.25, 0.3) is 0 Å². The van der Waals surface area contributed by atoms with Gasteiger partial charge in [0.2, 0.25) is 0 Å². The van der Waals surface area contributed by atoms with Gasteiger partial charge in [-0.25, -0.2) is 9.97 Å². The summed E-state index contributed by atoms with van der Waals surface area (Å²) in [6.45, 7) is 0.638. The van der Waals surface area contributed by atoms with Gasteiger partial charge in [0.05, 0.1) is 0 Å². The summed E-state index contributed by atoms with van der Waals surface area (Å²) >= 11 is 6.02. The van der Waals surface area contributed by atoms with Crippen molar-refractivity contribution in [2.24, 2.45) is 5.73 Å². The number of nitrogens with zero attached hydrogens (tertiary/aromatic N) is 2. The van der Waals surface area contributed by atoms with Crippen molar-refractivity contribution in [2.45, 2.75) is 13.2 Å². The van der Waals surface area contributed by atoms with Crippen LogP contribution in [0.2, 0.25) is 5.02 Å². The zero-order valence-corrected chi connectivity index (χ0v) is 9.89. The lowest BCUT2D eigenvalue weighted by Gasteiger charge is -2.10. The van der Waals surface area contributed by atoms with Crippen molar-refractivity contribution in [3.8, 4) is 5.75 Å². The Balaban J connectivity index is 2.12. The van der Waals surface area contributed by atoms with E-state index in [9.17, 15) is 0 Å². The van der Waals surface area contributed by atoms with E-state index < -0.39 is 0 Å². The van der Waals surface area contributed by atoms with Crippen molar-refractivity contribution in [1.29, 1.82) is 0 Å². The van der Waals surface area contributed by atoms with E-state index in [0.717, 1.165) is 5.56 Å². The summed E-state index contributed by atoms with van der Waals surface area (Å²) in [7, 11) is 0. The third-order valence-electron chi connectivity index (χ3n) is 2.26. The molecule has 2 N–H and O–H groups in total. The van der Waals surface area contributed by atoms with E-state index in [0.29, 0.717) is 29.7 Å². The molecule has 0 saturated carbocycles. The van der Waals surface area contributed by atoms with Crippen LogP contribution in [0.4, 0.5) is 0 Å². The first-order valence-corrected chi connectivity index (χ1v) is 5.55. The van der Waals surface area contributed by atoms with Gasteiger partial charge in [0.15, 0.2) is 5.82 Å². The first-order valence-electron chi connectivity index (χ1n) is 5.17. The second-order valence-electron chi connectivity index (χ2n) is 3.37. The normalized spacial score (nSPS) is 10.2. The summed E-state index contributed by atoms with van der Waals surface area (Å²) in [4.78, 5) is 8.14. The van der Waals surface area contributed by atoms with Crippen molar-refractivity contribution in [1.82, 2.24) is 9.97 Å². The van der Waals surface area contributed by atoms with Crippen molar-refractivity contribution >= 4 is 11.6 Å². The van der Waals surface area contributed by atoms with Gasteiger partial charge in [0.25, 0.3) is 0 Å². The molecule has 0 aliphatic carbocycles. The van der Waals surface area contributed by atoms with Crippen LogP contribution >= 0.6 is 11.6 Å². The Morgan fingerprint density at radius 3 is 2.65 bits per heavy atom. The summed E-state index contributed by atoms with van der Waals surface area (Å²) in [5.74, 6) is 1.29. The Hall–Kier alpha value is -1.65. The first-order chi connectivity index (χ1) is 8.31. The molecule has 0 spiro atoms. The van der Waals surface area contributed by atoms with Crippen LogP contribution in [-0.2, 0) is 13.2 Å². The van der Waals surface area contributed by atoms with Gasteiger partial charge in [-0.2, -0.15) is 0 Å². The fourth-order valence-electron chi connectivity index (χ4n) is 1.42. The topological polar surface area (TPSA) is 61.0 Å². The maximum Gasteiger partial charge on any atom is 0.166 e. The molecule has 2 rings (SSSR count). The second kappa shape index (κ2) is 5.61. The minimum absolute atomic E-state index is 0.300. The molecule has 2 aromatic rings. The molecule has 0 radical (unpaired) electrons. The minimum Gasteiger partial charge on any atom is -0.485 e. The molecule has 1 aromatic heterocycles. The van der Waals surface area contributed by atoms with E-state index in [1.165, 1.54) is 0 Å². The SMILES string of the molecule is NCc1c(Cl)cccc1OCc1ncccn1. The Labute approximate surface area is 104 Å². The lowest BCUT2D eigenvalue weighted by atomic mass is 10.2. The molecule has 5 heteroatoms. The van der Waals surface area contributed by atoms with Crippen LogP contribution in [-0.4, -0.2) is 9.97 Å². The molecule has 0 aliphatic rings.